The number of hydrogen-bond acceptors (Lipinski definition) is 0. The molecule has 94 valence electrons. The zero-order valence-corrected chi connectivity index (χ0v) is 12.8. The second-order valence-electron chi connectivity index (χ2n) is 3.16. The molecule has 0 unspecified atom stereocenters. The van der Waals surface area contributed by atoms with Gasteiger partial charge in [-0.1, -0.05) is 0 Å². The van der Waals surface area contributed by atoms with Crippen LogP contribution in [0.3, 0.4) is 0 Å². The molecule has 0 bridgehead atoms. The Labute approximate surface area is 132 Å². The van der Waals surface area contributed by atoms with E-state index in [2.05, 4.69) is 24.3 Å². The van der Waals surface area contributed by atoms with Gasteiger partial charge < -0.3 is 7.43 Å². The average molecular weight is 282 g/mol. The normalized spacial score (nSPS) is 9.68. The van der Waals surface area contributed by atoms with Crippen LogP contribution < -0.4 is 0 Å². The van der Waals surface area contributed by atoms with Crippen molar-refractivity contribution in [1.29, 1.82) is 0 Å². The Kier molecular flexibility index (Phi) is 17.5. The van der Waals surface area contributed by atoms with Crippen molar-refractivity contribution >= 4 is 0 Å². The van der Waals surface area contributed by atoms with Crippen molar-refractivity contribution in [3.8, 4) is 0 Å². The molecular formula is C18H18Ti. The van der Waals surface area contributed by atoms with E-state index in [4.69, 9.17) is 0 Å². The molecule has 3 rings (SSSR count). The van der Waals surface area contributed by atoms with Gasteiger partial charge in [-0.05, 0) is 0 Å². The molecule has 0 aromatic heterocycles. The maximum absolute atomic E-state index is 2.99. The Hall–Kier alpha value is -1.37. The van der Waals surface area contributed by atoms with E-state index < -0.39 is 0 Å². The predicted octanol–water partition coefficient (Wildman–Crippen LogP) is 4.73. The minimum Gasteiger partial charge on any atom is -0.358 e. The largest absolute Gasteiger partial charge is 4.00 e. The zero-order chi connectivity index (χ0) is 12.0. The number of allylic oxidation sites excluding steroid dienone is 4. The molecule has 0 N–H and O–H groups in total. The van der Waals surface area contributed by atoms with Gasteiger partial charge in [-0.3, -0.25) is 6.08 Å². The summed E-state index contributed by atoms with van der Waals surface area (Å²) >= 11 is 0. The average Bonchev–Trinajstić information content (AvgIpc) is 3.03. The number of hydrogen-bond donors (Lipinski definition) is 0. The van der Waals surface area contributed by atoms with Gasteiger partial charge in [-0.2, -0.15) is 78.9 Å². The fourth-order valence-electron chi connectivity index (χ4n) is 1.02. The smallest absolute Gasteiger partial charge is 0.358 e. The van der Waals surface area contributed by atoms with Gasteiger partial charge in [0.05, 0.1) is 0 Å². The van der Waals surface area contributed by atoms with Crippen LogP contribution in [-0.4, -0.2) is 0 Å². The fraction of sp³-hybridized carbons (Fsp3) is 0.0556. The third-order valence-corrected chi connectivity index (χ3v) is 1.80. The molecule has 0 saturated heterocycles. The molecule has 1 aliphatic rings. The maximum Gasteiger partial charge on any atom is 4.00 e. The van der Waals surface area contributed by atoms with Gasteiger partial charge in [0, 0.05) is 0 Å². The van der Waals surface area contributed by atoms with Crippen LogP contribution in [0.25, 0.3) is 0 Å². The van der Waals surface area contributed by atoms with Crippen molar-refractivity contribution in [3.05, 3.63) is 105 Å². The molecule has 0 nitrogen and oxygen atoms in total. The Balaban J connectivity index is 0. The van der Waals surface area contributed by atoms with E-state index in [0.717, 1.165) is 6.42 Å². The molecule has 0 fully saturated rings. The van der Waals surface area contributed by atoms with Crippen LogP contribution in [0.4, 0.5) is 0 Å². The van der Waals surface area contributed by atoms with Crippen molar-refractivity contribution in [2.45, 2.75) is 6.42 Å². The summed E-state index contributed by atoms with van der Waals surface area (Å²) in [6.07, 6.45) is 10.0. The van der Waals surface area contributed by atoms with E-state index in [0.29, 0.717) is 0 Å². The summed E-state index contributed by atoms with van der Waals surface area (Å²) in [6, 6.07) is 25.0. The monoisotopic (exact) mass is 282 g/mol. The van der Waals surface area contributed by atoms with Gasteiger partial charge in [-0.15, -0.1) is 6.42 Å². The third kappa shape index (κ3) is 14.6. The molecule has 2 aromatic carbocycles. The van der Waals surface area contributed by atoms with Crippen molar-refractivity contribution in [1.82, 2.24) is 0 Å². The maximum atomic E-state index is 2.99. The van der Waals surface area contributed by atoms with E-state index in [9.17, 15) is 0 Å². The number of rotatable bonds is 0. The second kappa shape index (κ2) is 16.6. The summed E-state index contributed by atoms with van der Waals surface area (Å²) < 4.78 is 0. The Morgan fingerprint density at radius 3 is 1.26 bits per heavy atom. The first-order valence-electron chi connectivity index (χ1n) is 5.54. The first-order chi connectivity index (χ1) is 8.50. The molecule has 0 saturated carbocycles. The van der Waals surface area contributed by atoms with Gasteiger partial charge in [-0.25, -0.2) is 12.2 Å². The molecule has 0 amide bonds. The first kappa shape index (κ1) is 20.0. The molecule has 0 spiro atoms. The Bertz CT molecular complexity index is 309. The fourth-order valence-corrected chi connectivity index (χ4v) is 1.02. The second-order valence-corrected chi connectivity index (χ2v) is 3.16. The van der Waals surface area contributed by atoms with Crippen molar-refractivity contribution < 1.29 is 21.7 Å². The Morgan fingerprint density at radius 1 is 0.684 bits per heavy atom. The standard InChI is InChI=1S/2C6H5.C5H5.CH3.Ti/c2*1-2-4-6-5-3-1;1-2-4-5-3-1;;/h2*1-5H;1-3H,4H2;1H3;/q4*-1;+4. The van der Waals surface area contributed by atoms with Gasteiger partial charge in [0.2, 0.25) is 0 Å². The Morgan fingerprint density at radius 2 is 1.16 bits per heavy atom. The van der Waals surface area contributed by atoms with Crippen molar-refractivity contribution in [3.63, 3.8) is 0 Å². The van der Waals surface area contributed by atoms with Crippen LogP contribution in [0.5, 0.6) is 0 Å². The van der Waals surface area contributed by atoms with Crippen LogP contribution in [-0.2, 0) is 21.7 Å². The molecule has 0 heterocycles. The van der Waals surface area contributed by atoms with Crippen LogP contribution in [0, 0.1) is 25.6 Å². The summed E-state index contributed by atoms with van der Waals surface area (Å²) in [5.74, 6) is 0. The van der Waals surface area contributed by atoms with Gasteiger partial charge >= 0.3 is 21.7 Å². The molecule has 1 heteroatoms. The van der Waals surface area contributed by atoms with E-state index in [1.165, 1.54) is 0 Å². The summed E-state index contributed by atoms with van der Waals surface area (Å²) in [7, 11) is 0. The van der Waals surface area contributed by atoms with E-state index in [-0.39, 0.29) is 29.1 Å². The van der Waals surface area contributed by atoms with Crippen molar-refractivity contribution in [2.24, 2.45) is 0 Å². The molecule has 0 radical (unpaired) electrons. The topological polar surface area (TPSA) is 0 Å². The number of benzene rings is 2. The van der Waals surface area contributed by atoms with Gasteiger partial charge in [0.15, 0.2) is 0 Å². The summed E-state index contributed by atoms with van der Waals surface area (Å²) in [5.41, 5.74) is 0. The molecule has 19 heavy (non-hydrogen) atoms. The van der Waals surface area contributed by atoms with Crippen LogP contribution in [0.15, 0.2) is 78.9 Å². The predicted molar refractivity (Wildman–Crippen MR) is 78.5 cm³/mol. The summed E-state index contributed by atoms with van der Waals surface area (Å²) in [5, 5.41) is 0. The van der Waals surface area contributed by atoms with E-state index in [1.54, 1.807) is 0 Å². The van der Waals surface area contributed by atoms with Gasteiger partial charge in [0.1, 0.15) is 0 Å². The summed E-state index contributed by atoms with van der Waals surface area (Å²) in [4.78, 5) is 0. The van der Waals surface area contributed by atoms with Gasteiger partial charge in [0.25, 0.3) is 0 Å². The van der Waals surface area contributed by atoms with E-state index in [1.807, 2.05) is 72.8 Å². The molecule has 1 aliphatic carbocycles. The van der Waals surface area contributed by atoms with Crippen LogP contribution in [0.1, 0.15) is 6.42 Å². The molecule has 0 atom stereocenters. The minimum atomic E-state index is 0. The quantitative estimate of drug-likeness (QED) is 0.484. The SMILES string of the molecule is [C-]1=CC=CC1.[CH3-].[Ti+4].[c-]1ccccc1.[c-]1ccccc1. The first-order valence-corrected chi connectivity index (χ1v) is 5.54. The zero-order valence-electron chi connectivity index (χ0n) is 11.2. The van der Waals surface area contributed by atoms with E-state index >= 15 is 0 Å². The van der Waals surface area contributed by atoms with Crippen LogP contribution in [0.2, 0.25) is 0 Å². The molecule has 0 aliphatic heterocycles. The third-order valence-electron chi connectivity index (χ3n) is 1.80. The van der Waals surface area contributed by atoms with Crippen LogP contribution >= 0.6 is 0 Å². The molecule has 2 aromatic rings. The van der Waals surface area contributed by atoms with Crippen molar-refractivity contribution in [2.75, 3.05) is 0 Å². The molecular weight excluding hydrogens is 264 g/mol. The summed E-state index contributed by atoms with van der Waals surface area (Å²) in [6.45, 7) is 0. The minimum absolute atomic E-state index is 0.